The zero-order valence-electron chi connectivity index (χ0n) is 11.4. The van der Waals surface area contributed by atoms with Gasteiger partial charge in [0.1, 0.15) is 0 Å². The number of aryl methyl sites for hydroxylation is 1. The summed E-state index contributed by atoms with van der Waals surface area (Å²) in [6.45, 7) is 4.40. The highest BCUT2D eigenvalue weighted by atomic mass is 16.5. The van der Waals surface area contributed by atoms with Crippen LogP contribution in [0.1, 0.15) is 29.9 Å². The molecular formula is C15H24O3. The van der Waals surface area contributed by atoms with Crippen LogP contribution < -0.4 is 0 Å². The molecule has 1 aromatic carbocycles. The lowest BCUT2D eigenvalue weighted by Crippen LogP contribution is -2.10. The van der Waals surface area contributed by atoms with E-state index in [0.29, 0.717) is 6.61 Å². The molecule has 1 atom stereocenters. The normalized spacial score (nSPS) is 12.6. The molecule has 0 aliphatic rings. The molecule has 18 heavy (non-hydrogen) atoms. The highest BCUT2D eigenvalue weighted by molar-refractivity contribution is 5.29. The van der Waals surface area contributed by atoms with Crippen molar-refractivity contribution in [3.63, 3.8) is 0 Å². The van der Waals surface area contributed by atoms with E-state index in [-0.39, 0.29) is 12.5 Å². The first-order valence-corrected chi connectivity index (χ1v) is 6.52. The average Bonchev–Trinajstić information content (AvgIpc) is 2.39. The van der Waals surface area contributed by atoms with Crippen molar-refractivity contribution in [2.24, 2.45) is 0 Å². The molecular weight excluding hydrogens is 228 g/mol. The molecule has 1 rings (SSSR count). The zero-order valence-corrected chi connectivity index (χ0v) is 11.4. The zero-order chi connectivity index (χ0) is 13.2. The Bertz CT molecular complexity index is 325. The van der Waals surface area contributed by atoms with Crippen LogP contribution in [0.15, 0.2) is 24.3 Å². The molecule has 102 valence electrons. The van der Waals surface area contributed by atoms with Crippen molar-refractivity contribution in [2.75, 3.05) is 33.5 Å². The van der Waals surface area contributed by atoms with Gasteiger partial charge in [0.25, 0.3) is 0 Å². The molecule has 1 N–H and O–H groups in total. The van der Waals surface area contributed by atoms with Crippen molar-refractivity contribution in [3.05, 3.63) is 35.4 Å². The van der Waals surface area contributed by atoms with Gasteiger partial charge in [-0.1, -0.05) is 24.3 Å². The van der Waals surface area contributed by atoms with E-state index >= 15 is 0 Å². The molecule has 1 aromatic rings. The van der Waals surface area contributed by atoms with Gasteiger partial charge in [0.15, 0.2) is 0 Å². The maximum absolute atomic E-state index is 9.47. The van der Waals surface area contributed by atoms with Gasteiger partial charge >= 0.3 is 0 Å². The molecule has 0 radical (unpaired) electrons. The van der Waals surface area contributed by atoms with Gasteiger partial charge in [-0.2, -0.15) is 0 Å². The number of rotatable bonds is 9. The first kappa shape index (κ1) is 15.2. The summed E-state index contributed by atoms with van der Waals surface area (Å²) in [7, 11) is 1.69. The first-order valence-electron chi connectivity index (χ1n) is 6.52. The van der Waals surface area contributed by atoms with Crippen LogP contribution in [0.25, 0.3) is 0 Å². The predicted molar refractivity (Wildman–Crippen MR) is 72.9 cm³/mol. The Labute approximate surface area is 110 Å². The van der Waals surface area contributed by atoms with Crippen LogP contribution in [-0.2, 0) is 9.47 Å². The summed E-state index contributed by atoms with van der Waals surface area (Å²) < 4.78 is 10.5. The fourth-order valence-corrected chi connectivity index (χ4v) is 2.02. The van der Waals surface area contributed by atoms with Crippen LogP contribution in [0.4, 0.5) is 0 Å². The van der Waals surface area contributed by atoms with E-state index in [1.165, 1.54) is 11.1 Å². The second kappa shape index (κ2) is 9.09. The second-order valence-electron chi connectivity index (χ2n) is 4.48. The molecule has 0 saturated heterocycles. The van der Waals surface area contributed by atoms with Crippen LogP contribution in [0, 0.1) is 6.92 Å². The molecule has 0 aliphatic carbocycles. The second-order valence-corrected chi connectivity index (χ2v) is 4.48. The van der Waals surface area contributed by atoms with E-state index in [2.05, 4.69) is 19.1 Å². The van der Waals surface area contributed by atoms with Gasteiger partial charge in [0, 0.05) is 32.8 Å². The lowest BCUT2D eigenvalue weighted by atomic mass is 9.93. The third kappa shape index (κ3) is 5.17. The molecule has 0 aromatic heterocycles. The monoisotopic (exact) mass is 252 g/mol. The summed E-state index contributed by atoms with van der Waals surface area (Å²) in [6, 6.07) is 8.21. The van der Waals surface area contributed by atoms with Gasteiger partial charge in [0.05, 0.1) is 6.61 Å². The van der Waals surface area contributed by atoms with Gasteiger partial charge in [-0.3, -0.25) is 0 Å². The minimum Gasteiger partial charge on any atom is -0.396 e. The van der Waals surface area contributed by atoms with Crippen molar-refractivity contribution < 1.29 is 14.6 Å². The molecule has 0 saturated carbocycles. The Morgan fingerprint density at radius 1 is 1.17 bits per heavy atom. The van der Waals surface area contributed by atoms with Crippen LogP contribution in [-0.4, -0.2) is 38.6 Å². The fraction of sp³-hybridized carbons (Fsp3) is 0.600. The van der Waals surface area contributed by atoms with E-state index in [4.69, 9.17) is 9.47 Å². The van der Waals surface area contributed by atoms with Gasteiger partial charge in [0.2, 0.25) is 0 Å². The van der Waals surface area contributed by atoms with Crippen molar-refractivity contribution in [2.45, 2.75) is 25.7 Å². The van der Waals surface area contributed by atoms with Gasteiger partial charge in [-0.05, 0) is 30.9 Å². The smallest absolute Gasteiger partial charge is 0.0500 e. The molecule has 0 bridgehead atoms. The number of aliphatic hydroxyl groups excluding tert-OH is 1. The highest BCUT2D eigenvalue weighted by Gasteiger charge is 2.12. The number of ether oxygens (including phenoxy) is 2. The molecule has 3 heteroatoms. The first-order chi connectivity index (χ1) is 8.79. The Morgan fingerprint density at radius 2 is 1.94 bits per heavy atom. The molecule has 0 amide bonds. The maximum atomic E-state index is 9.47. The van der Waals surface area contributed by atoms with Crippen LogP contribution in [0.3, 0.4) is 0 Å². The standard InChI is InChI=1S/C15H24O3/c1-13-6-3-4-7-15(13)14(12-16)8-11-18-10-5-9-17-2/h3-4,6-7,14,16H,5,8-12H2,1-2H3. The number of hydrogen-bond acceptors (Lipinski definition) is 3. The summed E-state index contributed by atoms with van der Waals surface area (Å²) in [4.78, 5) is 0. The third-order valence-corrected chi connectivity index (χ3v) is 3.10. The predicted octanol–water partition coefficient (Wildman–Crippen LogP) is 2.51. The summed E-state index contributed by atoms with van der Waals surface area (Å²) in [5, 5.41) is 9.47. The van der Waals surface area contributed by atoms with Crippen molar-refractivity contribution in [1.82, 2.24) is 0 Å². The maximum Gasteiger partial charge on any atom is 0.0500 e. The molecule has 3 nitrogen and oxygen atoms in total. The minimum atomic E-state index is 0.173. The van der Waals surface area contributed by atoms with E-state index in [0.717, 1.165) is 26.1 Å². The number of methoxy groups -OCH3 is 1. The molecule has 0 heterocycles. The van der Waals surface area contributed by atoms with Crippen molar-refractivity contribution in [1.29, 1.82) is 0 Å². The summed E-state index contributed by atoms with van der Waals surface area (Å²) in [5.41, 5.74) is 2.46. The highest BCUT2D eigenvalue weighted by Crippen LogP contribution is 2.22. The van der Waals surface area contributed by atoms with Crippen LogP contribution >= 0.6 is 0 Å². The minimum absolute atomic E-state index is 0.173. The molecule has 0 fully saturated rings. The Balaban J connectivity index is 2.32. The Hall–Kier alpha value is -0.900. The Kier molecular flexibility index (Phi) is 7.65. The SMILES string of the molecule is COCCCOCCC(CO)c1ccccc1C. The van der Waals surface area contributed by atoms with Crippen LogP contribution in [0.5, 0.6) is 0 Å². The summed E-state index contributed by atoms with van der Waals surface area (Å²) in [6.07, 6.45) is 1.78. The van der Waals surface area contributed by atoms with Crippen molar-refractivity contribution >= 4 is 0 Å². The van der Waals surface area contributed by atoms with E-state index in [9.17, 15) is 5.11 Å². The summed E-state index contributed by atoms with van der Waals surface area (Å²) >= 11 is 0. The number of aliphatic hydroxyl groups is 1. The van der Waals surface area contributed by atoms with E-state index < -0.39 is 0 Å². The summed E-state index contributed by atoms with van der Waals surface area (Å²) in [5.74, 6) is 0.175. The quantitative estimate of drug-likeness (QED) is 0.686. The lowest BCUT2D eigenvalue weighted by molar-refractivity contribution is 0.0937. The van der Waals surface area contributed by atoms with Gasteiger partial charge in [-0.15, -0.1) is 0 Å². The Morgan fingerprint density at radius 3 is 2.61 bits per heavy atom. The average molecular weight is 252 g/mol. The lowest BCUT2D eigenvalue weighted by Gasteiger charge is -2.17. The van der Waals surface area contributed by atoms with Crippen LogP contribution in [0.2, 0.25) is 0 Å². The van der Waals surface area contributed by atoms with E-state index in [1.807, 2.05) is 12.1 Å². The third-order valence-electron chi connectivity index (χ3n) is 3.10. The van der Waals surface area contributed by atoms with Gasteiger partial charge < -0.3 is 14.6 Å². The molecule has 0 spiro atoms. The molecule has 0 aliphatic heterocycles. The number of benzene rings is 1. The molecule has 1 unspecified atom stereocenters. The van der Waals surface area contributed by atoms with Gasteiger partial charge in [-0.25, -0.2) is 0 Å². The fourth-order valence-electron chi connectivity index (χ4n) is 2.02. The van der Waals surface area contributed by atoms with E-state index in [1.54, 1.807) is 7.11 Å². The van der Waals surface area contributed by atoms with Crippen molar-refractivity contribution in [3.8, 4) is 0 Å². The topological polar surface area (TPSA) is 38.7 Å². The largest absolute Gasteiger partial charge is 0.396 e. The number of hydrogen-bond donors (Lipinski definition) is 1.